The number of halogens is 1. The van der Waals surface area contributed by atoms with Gasteiger partial charge in [-0.15, -0.1) is 0 Å². The topological polar surface area (TPSA) is 94.2 Å². The number of para-hydroxylation sites is 1. The molecule has 0 saturated carbocycles. The van der Waals surface area contributed by atoms with Crippen molar-refractivity contribution in [2.45, 2.75) is 19.4 Å². The normalized spacial score (nSPS) is 11.0. The van der Waals surface area contributed by atoms with Gasteiger partial charge >= 0.3 is 5.97 Å². The summed E-state index contributed by atoms with van der Waals surface area (Å²) in [7, 11) is 1.58. The van der Waals surface area contributed by atoms with Crippen molar-refractivity contribution >= 4 is 39.4 Å². The van der Waals surface area contributed by atoms with Crippen molar-refractivity contribution in [3.05, 3.63) is 75.4 Å². The van der Waals surface area contributed by atoms with E-state index in [2.05, 4.69) is 15.0 Å². The highest BCUT2D eigenvalue weighted by atomic mass is 35.5. The first-order chi connectivity index (χ1) is 14.5. The molecule has 1 N–H and O–H groups in total. The molecule has 152 valence electrons. The Morgan fingerprint density at radius 3 is 2.77 bits per heavy atom. The third kappa shape index (κ3) is 4.26. The second kappa shape index (κ2) is 8.51. The van der Waals surface area contributed by atoms with Crippen LogP contribution in [-0.4, -0.2) is 28.0 Å². The van der Waals surface area contributed by atoms with Crippen LogP contribution in [0.4, 0.5) is 0 Å². The van der Waals surface area contributed by atoms with Crippen LogP contribution in [0.25, 0.3) is 21.8 Å². The molecule has 0 saturated heterocycles. The average Bonchev–Trinajstić information content (AvgIpc) is 2.76. The monoisotopic (exact) mass is 423 g/mol. The van der Waals surface area contributed by atoms with Gasteiger partial charge in [0.2, 0.25) is 0 Å². The Balaban J connectivity index is 1.40. The van der Waals surface area contributed by atoms with Crippen LogP contribution < -0.4 is 10.3 Å². The molecule has 2 aromatic carbocycles. The number of methoxy groups -OCH3 is 1. The molecule has 0 aliphatic rings. The van der Waals surface area contributed by atoms with Gasteiger partial charge in [-0.2, -0.15) is 0 Å². The number of ether oxygens (including phenoxy) is 2. The molecule has 2 heterocycles. The number of carbonyl (C=O) groups excluding carboxylic acids is 1. The lowest BCUT2D eigenvalue weighted by Crippen LogP contribution is -2.14. The van der Waals surface area contributed by atoms with Gasteiger partial charge in [0.1, 0.15) is 23.3 Å². The van der Waals surface area contributed by atoms with Gasteiger partial charge in [0.15, 0.2) is 0 Å². The predicted molar refractivity (Wildman–Crippen MR) is 114 cm³/mol. The molecule has 0 aliphatic carbocycles. The minimum absolute atomic E-state index is 0.00824. The molecule has 0 bridgehead atoms. The van der Waals surface area contributed by atoms with E-state index in [0.29, 0.717) is 33.6 Å². The molecule has 30 heavy (non-hydrogen) atoms. The van der Waals surface area contributed by atoms with Crippen LogP contribution in [0.2, 0.25) is 5.15 Å². The number of esters is 1. The smallest absolute Gasteiger partial charge is 0.306 e. The van der Waals surface area contributed by atoms with Gasteiger partial charge in [-0.3, -0.25) is 9.59 Å². The molecule has 0 fully saturated rings. The molecule has 8 heteroatoms. The van der Waals surface area contributed by atoms with Crippen LogP contribution in [-0.2, 0) is 22.6 Å². The summed E-state index contributed by atoms with van der Waals surface area (Å²) in [4.78, 5) is 35.7. The van der Waals surface area contributed by atoms with Crippen LogP contribution in [0.15, 0.2) is 53.3 Å². The van der Waals surface area contributed by atoms with E-state index in [9.17, 15) is 9.59 Å². The van der Waals surface area contributed by atoms with E-state index in [0.717, 1.165) is 5.39 Å². The molecule has 0 unspecified atom stereocenters. The number of rotatable bonds is 6. The number of aryl methyl sites for hydroxylation is 1. The zero-order chi connectivity index (χ0) is 21.1. The number of H-pyrrole nitrogens is 1. The average molecular weight is 424 g/mol. The number of fused-ring (bicyclic) bond motifs is 2. The van der Waals surface area contributed by atoms with E-state index in [-0.39, 0.29) is 30.2 Å². The maximum atomic E-state index is 12.2. The summed E-state index contributed by atoms with van der Waals surface area (Å²) < 4.78 is 10.5. The standard InChI is InChI=1S/C22H18ClN3O4/c1-29-15-7-6-13-10-14(21(23)25-18(13)11-15)12-30-20(27)9-8-19-24-17-5-3-2-4-16(17)22(28)26-19/h2-7,10-11H,8-9,12H2,1H3,(H,24,26,28). The second-order valence-corrected chi connectivity index (χ2v) is 7.05. The highest BCUT2D eigenvalue weighted by molar-refractivity contribution is 6.30. The van der Waals surface area contributed by atoms with Gasteiger partial charge < -0.3 is 14.5 Å². The molecule has 4 aromatic rings. The number of nitrogens with zero attached hydrogens (tertiary/aromatic N) is 2. The molecule has 0 radical (unpaired) electrons. The Kier molecular flexibility index (Phi) is 5.63. The molecule has 7 nitrogen and oxygen atoms in total. The summed E-state index contributed by atoms with van der Waals surface area (Å²) in [6.07, 6.45) is 0.347. The third-order valence-corrected chi connectivity index (χ3v) is 4.99. The third-order valence-electron chi connectivity index (χ3n) is 4.67. The minimum atomic E-state index is -0.420. The molecule has 0 spiro atoms. The van der Waals surface area contributed by atoms with Crippen molar-refractivity contribution < 1.29 is 14.3 Å². The number of pyridine rings is 1. The largest absolute Gasteiger partial charge is 0.497 e. The zero-order valence-electron chi connectivity index (χ0n) is 16.1. The van der Waals surface area contributed by atoms with Crippen molar-refractivity contribution in [2.75, 3.05) is 7.11 Å². The number of nitrogens with one attached hydrogen (secondary N) is 1. The maximum absolute atomic E-state index is 12.2. The Morgan fingerprint density at radius 2 is 1.93 bits per heavy atom. The Labute approximate surface area is 176 Å². The van der Waals surface area contributed by atoms with E-state index >= 15 is 0 Å². The van der Waals surface area contributed by atoms with Crippen LogP contribution in [0, 0.1) is 0 Å². The molecular weight excluding hydrogens is 406 g/mol. The lowest BCUT2D eigenvalue weighted by molar-refractivity contribution is -0.144. The molecule has 4 rings (SSSR count). The quantitative estimate of drug-likeness (QED) is 0.374. The zero-order valence-corrected chi connectivity index (χ0v) is 16.9. The van der Waals surface area contributed by atoms with Crippen molar-refractivity contribution in [2.24, 2.45) is 0 Å². The van der Waals surface area contributed by atoms with E-state index in [4.69, 9.17) is 21.1 Å². The maximum Gasteiger partial charge on any atom is 0.306 e. The van der Waals surface area contributed by atoms with Gasteiger partial charge in [0.25, 0.3) is 5.56 Å². The lowest BCUT2D eigenvalue weighted by atomic mass is 10.1. The van der Waals surface area contributed by atoms with Crippen molar-refractivity contribution in [1.82, 2.24) is 15.0 Å². The highest BCUT2D eigenvalue weighted by Crippen LogP contribution is 2.24. The first kappa shape index (κ1) is 19.8. The Morgan fingerprint density at radius 1 is 1.10 bits per heavy atom. The summed E-state index contributed by atoms with van der Waals surface area (Å²) in [6, 6.07) is 14.4. The molecule has 0 amide bonds. The number of hydrogen-bond donors (Lipinski definition) is 1. The van der Waals surface area contributed by atoms with Crippen LogP contribution in [0.3, 0.4) is 0 Å². The molecule has 0 aliphatic heterocycles. The van der Waals surface area contributed by atoms with Crippen LogP contribution >= 0.6 is 11.6 Å². The highest BCUT2D eigenvalue weighted by Gasteiger charge is 2.11. The molecular formula is C22H18ClN3O4. The lowest BCUT2D eigenvalue weighted by Gasteiger charge is -2.09. The number of carbonyl (C=O) groups is 1. The minimum Gasteiger partial charge on any atom is -0.497 e. The number of hydrogen-bond acceptors (Lipinski definition) is 6. The van der Waals surface area contributed by atoms with E-state index in [1.807, 2.05) is 24.3 Å². The van der Waals surface area contributed by atoms with Gasteiger partial charge in [-0.05, 0) is 30.3 Å². The predicted octanol–water partition coefficient (Wildman–Crippen LogP) is 3.81. The second-order valence-electron chi connectivity index (χ2n) is 6.69. The van der Waals surface area contributed by atoms with Gasteiger partial charge in [-0.25, -0.2) is 9.97 Å². The van der Waals surface area contributed by atoms with Crippen molar-refractivity contribution in [3.8, 4) is 5.75 Å². The van der Waals surface area contributed by atoms with E-state index in [1.54, 1.807) is 31.4 Å². The fraction of sp³-hybridized carbons (Fsp3) is 0.182. The van der Waals surface area contributed by atoms with E-state index < -0.39 is 5.97 Å². The van der Waals surface area contributed by atoms with Crippen molar-refractivity contribution in [3.63, 3.8) is 0 Å². The summed E-state index contributed by atoms with van der Waals surface area (Å²) in [5.74, 6) is 0.706. The summed E-state index contributed by atoms with van der Waals surface area (Å²) in [5, 5.41) is 1.65. The SMILES string of the molecule is COc1ccc2cc(COC(=O)CCc3nc4ccccc4c(=O)[nH]3)c(Cl)nc2c1. The fourth-order valence-electron chi connectivity index (χ4n) is 3.10. The van der Waals surface area contributed by atoms with Gasteiger partial charge in [0, 0.05) is 23.4 Å². The summed E-state index contributed by atoms with van der Waals surface area (Å²) in [6.45, 7) is 0.00824. The van der Waals surface area contributed by atoms with Crippen LogP contribution in [0.1, 0.15) is 17.8 Å². The first-order valence-electron chi connectivity index (χ1n) is 9.30. The number of aromatic amines is 1. The summed E-state index contributed by atoms with van der Waals surface area (Å²) in [5.41, 5.74) is 1.67. The Hall–Kier alpha value is -3.45. The summed E-state index contributed by atoms with van der Waals surface area (Å²) >= 11 is 6.24. The number of benzene rings is 2. The van der Waals surface area contributed by atoms with E-state index in [1.165, 1.54) is 0 Å². The van der Waals surface area contributed by atoms with Gasteiger partial charge in [0.05, 0.1) is 30.0 Å². The van der Waals surface area contributed by atoms with Gasteiger partial charge in [-0.1, -0.05) is 23.7 Å². The fourth-order valence-corrected chi connectivity index (χ4v) is 3.30. The first-order valence-corrected chi connectivity index (χ1v) is 9.68. The Bertz CT molecular complexity index is 1300. The molecule has 2 aromatic heterocycles. The number of aromatic nitrogens is 3. The van der Waals surface area contributed by atoms with Crippen molar-refractivity contribution in [1.29, 1.82) is 0 Å². The van der Waals surface area contributed by atoms with Crippen LogP contribution in [0.5, 0.6) is 5.75 Å². The molecule has 0 atom stereocenters.